The van der Waals surface area contributed by atoms with Crippen molar-refractivity contribution < 1.29 is 0 Å². The Morgan fingerprint density at radius 3 is 2.14 bits per heavy atom. The number of nitrogens with one attached hydrogen (secondary N) is 1. The second kappa shape index (κ2) is 6.91. The summed E-state index contributed by atoms with van der Waals surface area (Å²) >= 11 is 0. The van der Waals surface area contributed by atoms with Gasteiger partial charge in [-0.25, -0.2) is 0 Å². The van der Waals surface area contributed by atoms with E-state index in [1.807, 2.05) is 7.05 Å². The maximum Gasteiger partial charge on any atom is 0.0579 e. The molecule has 1 nitrogen and oxygen atoms in total. The molecule has 0 aromatic heterocycles. The molecule has 2 rings (SSSR count). The van der Waals surface area contributed by atoms with Gasteiger partial charge in [-0.05, 0) is 61.1 Å². The van der Waals surface area contributed by atoms with Crippen LogP contribution in [0.4, 0.5) is 0 Å². The number of rotatable bonds is 5. The average Bonchev–Trinajstić information content (AvgIpc) is 2.42. The van der Waals surface area contributed by atoms with Gasteiger partial charge in [0, 0.05) is 0 Å². The van der Waals surface area contributed by atoms with Crippen LogP contribution < -0.4 is 5.32 Å². The van der Waals surface area contributed by atoms with Gasteiger partial charge in [-0.3, -0.25) is 0 Å². The van der Waals surface area contributed by atoms with Crippen molar-refractivity contribution in [3.8, 4) is 0 Å². The van der Waals surface area contributed by atoms with Gasteiger partial charge in [-0.2, -0.15) is 0 Å². The molecule has 0 bridgehead atoms. The minimum Gasteiger partial charge on any atom is -0.309 e. The Labute approximate surface area is 129 Å². The van der Waals surface area contributed by atoms with E-state index in [2.05, 4.69) is 75.5 Å². The van der Waals surface area contributed by atoms with E-state index in [1.165, 1.54) is 27.8 Å². The lowest BCUT2D eigenvalue weighted by atomic mass is 9.90. The summed E-state index contributed by atoms with van der Waals surface area (Å²) in [6, 6.07) is 15.8. The molecule has 0 aliphatic carbocycles. The van der Waals surface area contributed by atoms with Crippen LogP contribution in [0, 0.1) is 19.8 Å². The van der Waals surface area contributed by atoms with Crippen molar-refractivity contribution in [2.45, 2.75) is 40.2 Å². The van der Waals surface area contributed by atoms with Crippen molar-refractivity contribution in [1.82, 2.24) is 5.32 Å². The quantitative estimate of drug-likeness (QED) is 0.829. The van der Waals surface area contributed by atoms with Gasteiger partial charge in [-0.15, -0.1) is 0 Å². The van der Waals surface area contributed by atoms with Crippen molar-refractivity contribution >= 4 is 0 Å². The van der Waals surface area contributed by atoms with Gasteiger partial charge in [0.05, 0.1) is 6.04 Å². The van der Waals surface area contributed by atoms with E-state index in [1.54, 1.807) is 0 Å². The first-order chi connectivity index (χ1) is 10.0. The van der Waals surface area contributed by atoms with E-state index in [0.29, 0.717) is 5.92 Å². The van der Waals surface area contributed by atoms with E-state index >= 15 is 0 Å². The molecule has 112 valence electrons. The second-order valence-electron chi connectivity index (χ2n) is 6.37. The van der Waals surface area contributed by atoms with Gasteiger partial charge in [0.15, 0.2) is 0 Å². The predicted molar refractivity (Wildman–Crippen MR) is 91.8 cm³/mol. The smallest absolute Gasteiger partial charge is 0.0579 e. The zero-order valence-electron chi connectivity index (χ0n) is 13.9. The van der Waals surface area contributed by atoms with Crippen LogP contribution in [0.1, 0.15) is 47.7 Å². The summed E-state index contributed by atoms with van der Waals surface area (Å²) in [5.41, 5.74) is 6.89. The third kappa shape index (κ3) is 3.74. The van der Waals surface area contributed by atoms with E-state index in [0.717, 1.165) is 6.42 Å². The highest BCUT2D eigenvalue weighted by Gasteiger charge is 2.16. The number of hydrogen-bond donors (Lipinski definition) is 1. The summed E-state index contributed by atoms with van der Waals surface area (Å²) in [7, 11) is 2.05. The third-order valence-electron chi connectivity index (χ3n) is 4.05. The molecule has 1 N–H and O–H groups in total. The molecule has 1 unspecified atom stereocenters. The molecule has 0 aliphatic rings. The summed E-state index contributed by atoms with van der Waals surface area (Å²) in [6.07, 6.45) is 1.14. The first kappa shape index (κ1) is 15.8. The fraction of sp³-hybridized carbons (Fsp3) is 0.400. The number of benzene rings is 2. The van der Waals surface area contributed by atoms with Crippen LogP contribution >= 0.6 is 0 Å². The molecule has 0 spiro atoms. The molecule has 1 atom stereocenters. The molecular weight excluding hydrogens is 254 g/mol. The normalized spacial score (nSPS) is 12.7. The van der Waals surface area contributed by atoms with E-state index in [-0.39, 0.29) is 6.04 Å². The standard InChI is InChI=1S/C20H27N/c1-14(2)12-17-10-7-11-18(13-17)20(21-5)19-15(3)8-6-9-16(19)4/h6-11,13-14,20-21H,12H2,1-5H3. The van der Waals surface area contributed by atoms with Crippen LogP contribution in [-0.4, -0.2) is 7.05 Å². The zero-order chi connectivity index (χ0) is 15.4. The highest BCUT2D eigenvalue weighted by molar-refractivity contribution is 5.42. The largest absolute Gasteiger partial charge is 0.309 e. The molecule has 0 amide bonds. The third-order valence-corrected chi connectivity index (χ3v) is 4.05. The minimum absolute atomic E-state index is 0.262. The fourth-order valence-electron chi connectivity index (χ4n) is 3.13. The first-order valence-corrected chi connectivity index (χ1v) is 7.85. The average molecular weight is 281 g/mol. The lowest BCUT2D eigenvalue weighted by Crippen LogP contribution is -2.20. The molecule has 0 saturated heterocycles. The maximum absolute atomic E-state index is 3.50. The number of aryl methyl sites for hydroxylation is 2. The topological polar surface area (TPSA) is 12.0 Å². The lowest BCUT2D eigenvalue weighted by molar-refractivity contribution is 0.642. The van der Waals surface area contributed by atoms with E-state index < -0.39 is 0 Å². The Morgan fingerprint density at radius 2 is 1.57 bits per heavy atom. The van der Waals surface area contributed by atoms with Gasteiger partial charge >= 0.3 is 0 Å². The highest BCUT2D eigenvalue weighted by Crippen LogP contribution is 2.28. The second-order valence-corrected chi connectivity index (χ2v) is 6.37. The molecular formula is C20H27N. The summed E-state index contributed by atoms with van der Waals surface area (Å²) in [5.74, 6) is 0.688. The Bertz CT molecular complexity index is 578. The molecule has 0 saturated carbocycles. The molecule has 1 heteroatoms. The molecule has 0 heterocycles. The van der Waals surface area contributed by atoms with Crippen molar-refractivity contribution in [2.75, 3.05) is 7.05 Å². The lowest BCUT2D eigenvalue weighted by Gasteiger charge is -2.22. The molecule has 0 fully saturated rings. The molecule has 2 aromatic rings. The van der Waals surface area contributed by atoms with Gasteiger partial charge in [-0.1, -0.05) is 56.3 Å². The minimum atomic E-state index is 0.262. The summed E-state index contributed by atoms with van der Waals surface area (Å²) in [5, 5.41) is 3.50. The summed E-state index contributed by atoms with van der Waals surface area (Å²) < 4.78 is 0. The molecule has 2 aromatic carbocycles. The van der Waals surface area contributed by atoms with Crippen molar-refractivity contribution in [3.63, 3.8) is 0 Å². The van der Waals surface area contributed by atoms with Crippen molar-refractivity contribution in [2.24, 2.45) is 5.92 Å². The fourth-order valence-corrected chi connectivity index (χ4v) is 3.13. The highest BCUT2D eigenvalue weighted by atomic mass is 14.9. The summed E-state index contributed by atoms with van der Waals surface area (Å²) in [6.45, 7) is 8.94. The maximum atomic E-state index is 3.50. The molecule has 0 aliphatic heterocycles. The van der Waals surface area contributed by atoms with E-state index in [9.17, 15) is 0 Å². The Morgan fingerprint density at radius 1 is 0.952 bits per heavy atom. The van der Waals surface area contributed by atoms with Crippen LogP contribution in [-0.2, 0) is 6.42 Å². The molecule has 21 heavy (non-hydrogen) atoms. The van der Waals surface area contributed by atoms with Crippen LogP contribution in [0.3, 0.4) is 0 Å². The van der Waals surface area contributed by atoms with Gasteiger partial charge in [0.2, 0.25) is 0 Å². The van der Waals surface area contributed by atoms with Gasteiger partial charge in [0.25, 0.3) is 0 Å². The van der Waals surface area contributed by atoms with Crippen LogP contribution in [0.5, 0.6) is 0 Å². The molecule has 0 radical (unpaired) electrons. The summed E-state index contributed by atoms with van der Waals surface area (Å²) in [4.78, 5) is 0. The first-order valence-electron chi connectivity index (χ1n) is 7.85. The predicted octanol–water partition coefficient (Wildman–Crippen LogP) is 4.81. The van der Waals surface area contributed by atoms with Crippen LogP contribution in [0.25, 0.3) is 0 Å². The van der Waals surface area contributed by atoms with Gasteiger partial charge in [0.1, 0.15) is 0 Å². The van der Waals surface area contributed by atoms with Crippen molar-refractivity contribution in [1.29, 1.82) is 0 Å². The Balaban J connectivity index is 2.42. The van der Waals surface area contributed by atoms with Crippen LogP contribution in [0.15, 0.2) is 42.5 Å². The van der Waals surface area contributed by atoms with Crippen molar-refractivity contribution in [3.05, 3.63) is 70.3 Å². The Hall–Kier alpha value is -1.60. The monoisotopic (exact) mass is 281 g/mol. The van der Waals surface area contributed by atoms with Crippen LogP contribution in [0.2, 0.25) is 0 Å². The SMILES string of the molecule is CNC(c1cccc(CC(C)C)c1)c1c(C)cccc1C. The van der Waals surface area contributed by atoms with E-state index in [4.69, 9.17) is 0 Å². The van der Waals surface area contributed by atoms with Gasteiger partial charge < -0.3 is 5.32 Å². The number of hydrogen-bond acceptors (Lipinski definition) is 1. The zero-order valence-corrected chi connectivity index (χ0v) is 13.9. The Kier molecular flexibility index (Phi) is 5.19.